The largest absolute Gasteiger partial charge is 0.379 e. The average Bonchev–Trinajstić information content (AvgIpc) is 2.53. The summed E-state index contributed by atoms with van der Waals surface area (Å²) in [4.78, 5) is 10.8. The van der Waals surface area contributed by atoms with Gasteiger partial charge in [-0.3, -0.25) is 4.79 Å². The molecule has 0 saturated carbocycles. The van der Waals surface area contributed by atoms with Crippen LogP contribution in [0.1, 0.15) is 26.7 Å². The van der Waals surface area contributed by atoms with Crippen LogP contribution in [0, 0.1) is 5.92 Å². The molecule has 0 aliphatic carbocycles. The molecule has 6 nitrogen and oxygen atoms in total. The summed E-state index contributed by atoms with van der Waals surface area (Å²) < 4.78 is 21.5. The highest BCUT2D eigenvalue weighted by Gasteiger charge is 1.97. The van der Waals surface area contributed by atoms with Crippen molar-refractivity contribution in [2.75, 3.05) is 59.4 Å². The molecule has 1 N–H and O–H groups in total. The van der Waals surface area contributed by atoms with E-state index in [2.05, 4.69) is 30.8 Å². The predicted octanol–water partition coefficient (Wildman–Crippen LogP) is 2.78. The Hall–Kier alpha value is 0.0100. The molecule has 0 spiro atoms. The van der Waals surface area contributed by atoms with Crippen LogP contribution < -0.4 is 5.32 Å². The van der Waals surface area contributed by atoms with Crippen molar-refractivity contribution in [3.8, 4) is 0 Å². The number of rotatable bonds is 16. The third-order valence-corrected chi connectivity index (χ3v) is 3.59. The van der Waals surface area contributed by atoms with Crippen LogP contribution in [0.4, 0.5) is 4.79 Å². The molecule has 0 aliphatic rings. The van der Waals surface area contributed by atoms with Gasteiger partial charge in [0, 0.05) is 23.9 Å². The fourth-order valence-corrected chi connectivity index (χ4v) is 1.97. The molecule has 0 atom stereocenters. The maximum Gasteiger partial charge on any atom is 0.289 e. The van der Waals surface area contributed by atoms with E-state index < -0.39 is 0 Å². The van der Waals surface area contributed by atoms with Gasteiger partial charge in [-0.25, -0.2) is 0 Å². The fourth-order valence-electron chi connectivity index (χ4n) is 1.61. The highest BCUT2D eigenvalue weighted by Crippen LogP contribution is 2.04. The lowest BCUT2D eigenvalue weighted by Gasteiger charge is -2.08. The quantitative estimate of drug-likeness (QED) is 0.248. The Bertz CT molecular complexity index is 270. The van der Waals surface area contributed by atoms with Crippen molar-refractivity contribution in [1.29, 1.82) is 0 Å². The number of carbonyl (C=O) groups is 1. The molecule has 0 radical (unpaired) electrons. The molecule has 0 aromatic rings. The summed E-state index contributed by atoms with van der Waals surface area (Å²) >= 11 is 3.77. The first-order valence-electron chi connectivity index (χ1n) is 8.07. The molecule has 0 aromatic heterocycles. The fraction of sp³-hybridized carbons (Fsp3) is 0.933. The average molecular weight is 370 g/mol. The third-order valence-electron chi connectivity index (χ3n) is 2.78. The van der Waals surface area contributed by atoms with Gasteiger partial charge in [0.1, 0.15) is 0 Å². The van der Waals surface area contributed by atoms with E-state index in [-0.39, 0.29) is 5.24 Å². The predicted molar refractivity (Wildman–Crippen MR) is 97.3 cm³/mol. The van der Waals surface area contributed by atoms with Crippen LogP contribution in [-0.2, 0) is 18.9 Å². The van der Waals surface area contributed by atoms with Gasteiger partial charge >= 0.3 is 0 Å². The first-order chi connectivity index (χ1) is 11.2. The van der Waals surface area contributed by atoms with Gasteiger partial charge in [0.2, 0.25) is 0 Å². The Balaban J connectivity index is 3.01. The van der Waals surface area contributed by atoms with Crippen LogP contribution in [0.25, 0.3) is 0 Å². The summed E-state index contributed by atoms with van der Waals surface area (Å²) in [6.07, 6.45) is 2.31. The zero-order valence-corrected chi connectivity index (χ0v) is 16.0. The first kappa shape index (κ1) is 23.0. The van der Waals surface area contributed by atoms with Crippen LogP contribution in [0.2, 0.25) is 0 Å². The van der Waals surface area contributed by atoms with Gasteiger partial charge in [-0.1, -0.05) is 13.8 Å². The van der Waals surface area contributed by atoms with Gasteiger partial charge in [-0.15, -0.1) is 11.7 Å². The summed E-state index contributed by atoms with van der Waals surface area (Å²) in [5.74, 6) is 0.738. The SMILES string of the molecule is CC(C)CCCOCCOCCOCCOCCNC(=O)SS. The highest BCUT2D eigenvalue weighted by molar-refractivity contribution is 8.74. The van der Waals surface area contributed by atoms with Gasteiger partial charge in [-0.05, 0) is 18.8 Å². The monoisotopic (exact) mass is 369 g/mol. The van der Waals surface area contributed by atoms with E-state index in [0.29, 0.717) is 52.8 Å². The lowest BCUT2D eigenvalue weighted by molar-refractivity contribution is -0.00176. The Morgan fingerprint density at radius 3 is 1.87 bits per heavy atom. The van der Waals surface area contributed by atoms with Crippen LogP contribution in [0.15, 0.2) is 0 Å². The molecule has 0 fully saturated rings. The van der Waals surface area contributed by atoms with E-state index in [0.717, 1.165) is 29.7 Å². The number of ether oxygens (including phenoxy) is 4. The molecular formula is C15H31NO5S2. The van der Waals surface area contributed by atoms with Crippen molar-refractivity contribution in [1.82, 2.24) is 5.32 Å². The van der Waals surface area contributed by atoms with Crippen molar-refractivity contribution in [2.45, 2.75) is 26.7 Å². The van der Waals surface area contributed by atoms with Gasteiger partial charge in [-0.2, -0.15) is 0 Å². The number of hydrogen-bond acceptors (Lipinski definition) is 7. The summed E-state index contributed by atoms with van der Waals surface area (Å²) in [5.41, 5.74) is 0. The Morgan fingerprint density at radius 2 is 1.39 bits per heavy atom. The number of amides is 1. The van der Waals surface area contributed by atoms with Crippen LogP contribution in [0.3, 0.4) is 0 Å². The van der Waals surface area contributed by atoms with E-state index in [9.17, 15) is 4.79 Å². The number of nitrogens with one attached hydrogen (secondary N) is 1. The van der Waals surface area contributed by atoms with Gasteiger partial charge < -0.3 is 24.3 Å². The minimum absolute atomic E-state index is 0.172. The van der Waals surface area contributed by atoms with Crippen LogP contribution in [0.5, 0.6) is 0 Å². The van der Waals surface area contributed by atoms with Gasteiger partial charge in [0.05, 0.1) is 46.2 Å². The van der Waals surface area contributed by atoms with E-state index in [4.69, 9.17) is 18.9 Å². The molecule has 0 aliphatic heterocycles. The standard InChI is InChI=1S/C15H31NO5S2/c1-14(2)4-3-6-18-8-10-20-12-13-21-11-9-19-7-5-16-15(17)23-22/h14,22H,3-13H2,1-2H3,(H,16,17). The van der Waals surface area contributed by atoms with Crippen molar-refractivity contribution >= 4 is 27.7 Å². The van der Waals surface area contributed by atoms with E-state index >= 15 is 0 Å². The summed E-state index contributed by atoms with van der Waals surface area (Å²) in [5, 5.41) is 2.46. The van der Waals surface area contributed by atoms with E-state index in [1.165, 1.54) is 6.42 Å². The second kappa shape index (κ2) is 18.4. The van der Waals surface area contributed by atoms with Crippen molar-refractivity contribution in [2.24, 2.45) is 5.92 Å². The summed E-state index contributed by atoms with van der Waals surface area (Å²) in [6.45, 7) is 9.55. The summed E-state index contributed by atoms with van der Waals surface area (Å²) in [6, 6.07) is 0. The van der Waals surface area contributed by atoms with Crippen molar-refractivity contribution < 1.29 is 23.7 Å². The zero-order valence-electron chi connectivity index (χ0n) is 14.3. The van der Waals surface area contributed by atoms with Crippen molar-refractivity contribution in [3.63, 3.8) is 0 Å². The zero-order chi connectivity index (χ0) is 17.2. The Kier molecular flexibility index (Phi) is 18.4. The molecule has 8 heteroatoms. The topological polar surface area (TPSA) is 66.0 Å². The molecule has 0 heterocycles. The lowest BCUT2D eigenvalue weighted by atomic mass is 10.1. The van der Waals surface area contributed by atoms with Gasteiger partial charge in [0.25, 0.3) is 5.24 Å². The molecular weight excluding hydrogens is 338 g/mol. The summed E-state index contributed by atoms with van der Waals surface area (Å²) in [7, 11) is 0.854. The molecule has 0 bridgehead atoms. The third kappa shape index (κ3) is 20.0. The number of carbonyl (C=O) groups excluding carboxylic acids is 1. The minimum Gasteiger partial charge on any atom is -0.379 e. The smallest absolute Gasteiger partial charge is 0.289 e. The second-order valence-electron chi connectivity index (χ2n) is 5.29. The van der Waals surface area contributed by atoms with E-state index in [1.54, 1.807) is 0 Å². The molecule has 23 heavy (non-hydrogen) atoms. The normalized spacial score (nSPS) is 11.1. The number of hydrogen-bond donors (Lipinski definition) is 2. The minimum atomic E-state index is -0.172. The van der Waals surface area contributed by atoms with Crippen molar-refractivity contribution in [3.05, 3.63) is 0 Å². The maximum atomic E-state index is 10.8. The molecule has 0 aromatic carbocycles. The molecule has 0 rings (SSSR count). The van der Waals surface area contributed by atoms with Crippen LogP contribution >= 0.6 is 22.5 Å². The number of thiol groups is 1. The Morgan fingerprint density at radius 1 is 0.913 bits per heavy atom. The molecule has 0 unspecified atom stereocenters. The lowest BCUT2D eigenvalue weighted by Crippen LogP contribution is -2.23. The molecule has 138 valence electrons. The highest BCUT2D eigenvalue weighted by atomic mass is 33.1. The van der Waals surface area contributed by atoms with Gasteiger partial charge in [0.15, 0.2) is 0 Å². The Labute approximate surface area is 149 Å². The molecule has 0 saturated heterocycles. The second-order valence-corrected chi connectivity index (χ2v) is 6.39. The maximum absolute atomic E-state index is 10.8. The van der Waals surface area contributed by atoms with E-state index in [1.807, 2.05) is 0 Å². The molecule has 1 amide bonds. The first-order valence-corrected chi connectivity index (χ1v) is 9.94. The van der Waals surface area contributed by atoms with Crippen LogP contribution in [-0.4, -0.2) is 64.6 Å².